The van der Waals surface area contributed by atoms with Gasteiger partial charge in [0.25, 0.3) is 5.91 Å². The van der Waals surface area contributed by atoms with Gasteiger partial charge in [-0.05, 0) is 31.4 Å². The van der Waals surface area contributed by atoms with Gasteiger partial charge in [-0.25, -0.2) is 4.79 Å². The molecule has 0 radical (unpaired) electrons. The summed E-state index contributed by atoms with van der Waals surface area (Å²) in [4.78, 5) is 27.4. The Morgan fingerprint density at radius 2 is 2.16 bits per heavy atom. The molecule has 1 N–H and O–H groups in total. The van der Waals surface area contributed by atoms with E-state index in [9.17, 15) is 9.59 Å². The average molecular weight is 262 g/mol. The molecule has 0 saturated heterocycles. The molecule has 102 valence electrons. The average Bonchev–Trinajstić information content (AvgIpc) is 2.46. The molecule has 0 saturated carbocycles. The molecule has 0 aliphatic rings. The zero-order valence-corrected chi connectivity index (χ0v) is 11.0. The van der Waals surface area contributed by atoms with Crippen molar-refractivity contribution >= 4 is 11.9 Å². The van der Waals surface area contributed by atoms with Gasteiger partial charge in [0.15, 0.2) is 0 Å². The van der Waals surface area contributed by atoms with Crippen molar-refractivity contribution in [3.63, 3.8) is 0 Å². The van der Waals surface area contributed by atoms with Crippen LogP contribution in [0.1, 0.15) is 29.6 Å². The van der Waals surface area contributed by atoms with E-state index >= 15 is 0 Å². The highest BCUT2D eigenvalue weighted by atomic mass is 16.5. The highest BCUT2D eigenvalue weighted by Gasteiger charge is 2.21. The summed E-state index contributed by atoms with van der Waals surface area (Å²) in [7, 11) is 1.31. The van der Waals surface area contributed by atoms with E-state index in [-0.39, 0.29) is 5.91 Å². The summed E-state index contributed by atoms with van der Waals surface area (Å²) < 4.78 is 4.69. The number of amides is 1. The topological polar surface area (TPSA) is 68.3 Å². The smallest absolute Gasteiger partial charge is 0.328 e. The number of hydrogen-bond donors (Lipinski definition) is 1. The van der Waals surface area contributed by atoms with Crippen molar-refractivity contribution in [2.45, 2.75) is 25.3 Å². The number of carbonyl (C=O) groups excluding carboxylic acids is 2. The largest absolute Gasteiger partial charge is 0.467 e. The summed E-state index contributed by atoms with van der Waals surface area (Å²) in [5, 5.41) is 2.67. The maximum atomic E-state index is 11.9. The minimum atomic E-state index is -0.634. The van der Waals surface area contributed by atoms with E-state index in [4.69, 9.17) is 0 Å². The van der Waals surface area contributed by atoms with Crippen LogP contribution in [0.3, 0.4) is 0 Å². The van der Waals surface area contributed by atoms with E-state index in [0.717, 1.165) is 12.8 Å². The lowest BCUT2D eigenvalue weighted by atomic mass is 10.1. The van der Waals surface area contributed by atoms with Crippen molar-refractivity contribution in [2.75, 3.05) is 7.11 Å². The molecule has 1 rings (SSSR count). The number of ether oxygens (including phenoxy) is 1. The van der Waals surface area contributed by atoms with E-state index in [2.05, 4.69) is 21.6 Å². The number of pyridine rings is 1. The van der Waals surface area contributed by atoms with Crippen LogP contribution in [0, 0.1) is 0 Å². The number of methoxy groups -OCH3 is 1. The first-order valence-corrected chi connectivity index (χ1v) is 6.08. The van der Waals surface area contributed by atoms with Crippen molar-refractivity contribution in [3.8, 4) is 0 Å². The molecule has 1 aromatic rings. The number of nitrogens with one attached hydrogen (secondary N) is 1. The van der Waals surface area contributed by atoms with Crippen LogP contribution in [0.2, 0.25) is 0 Å². The predicted molar refractivity (Wildman–Crippen MR) is 71.6 cm³/mol. The molecule has 0 aromatic carbocycles. The second kappa shape index (κ2) is 8.02. The third-order valence-corrected chi connectivity index (χ3v) is 2.63. The van der Waals surface area contributed by atoms with E-state index < -0.39 is 12.0 Å². The first kappa shape index (κ1) is 14.9. The molecule has 1 atom stereocenters. The van der Waals surface area contributed by atoms with E-state index in [1.165, 1.54) is 19.5 Å². The minimum Gasteiger partial charge on any atom is -0.467 e. The summed E-state index contributed by atoms with van der Waals surface area (Å²) >= 11 is 0. The Morgan fingerprint density at radius 1 is 1.47 bits per heavy atom. The summed E-state index contributed by atoms with van der Waals surface area (Å²) in [6.07, 6.45) is 6.91. The van der Waals surface area contributed by atoms with Crippen LogP contribution in [0.15, 0.2) is 37.2 Å². The molecule has 0 spiro atoms. The maximum absolute atomic E-state index is 11.9. The number of nitrogens with zero attached hydrogens (tertiary/aromatic N) is 1. The van der Waals surface area contributed by atoms with Crippen LogP contribution >= 0.6 is 0 Å². The Morgan fingerprint density at radius 3 is 2.74 bits per heavy atom. The van der Waals surface area contributed by atoms with E-state index in [1.807, 2.05) is 0 Å². The fourth-order valence-electron chi connectivity index (χ4n) is 1.60. The Labute approximate surface area is 112 Å². The van der Waals surface area contributed by atoms with Gasteiger partial charge in [0.2, 0.25) is 0 Å². The van der Waals surface area contributed by atoms with Gasteiger partial charge < -0.3 is 10.1 Å². The summed E-state index contributed by atoms with van der Waals surface area (Å²) in [5.74, 6) is -0.747. The van der Waals surface area contributed by atoms with Crippen LogP contribution < -0.4 is 5.32 Å². The lowest BCUT2D eigenvalue weighted by Crippen LogP contribution is -2.41. The van der Waals surface area contributed by atoms with Crippen LogP contribution in [-0.2, 0) is 9.53 Å². The summed E-state index contributed by atoms with van der Waals surface area (Å²) in [5.41, 5.74) is 0.465. The van der Waals surface area contributed by atoms with Crippen LogP contribution in [0.25, 0.3) is 0 Å². The Bertz CT molecular complexity index is 432. The molecule has 0 aliphatic heterocycles. The number of unbranched alkanes of at least 4 members (excludes halogenated alkanes) is 1. The predicted octanol–water partition coefficient (Wildman–Crippen LogP) is 1.71. The van der Waals surface area contributed by atoms with Crippen molar-refractivity contribution in [1.82, 2.24) is 10.3 Å². The maximum Gasteiger partial charge on any atom is 0.328 e. The normalized spacial score (nSPS) is 11.4. The lowest BCUT2D eigenvalue weighted by Gasteiger charge is -2.16. The van der Waals surface area contributed by atoms with Crippen molar-refractivity contribution < 1.29 is 14.3 Å². The van der Waals surface area contributed by atoms with Crippen LogP contribution in [0.5, 0.6) is 0 Å². The van der Waals surface area contributed by atoms with Crippen LogP contribution in [-0.4, -0.2) is 30.0 Å². The molecule has 1 amide bonds. The number of rotatable bonds is 7. The fraction of sp³-hybridized carbons (Fsp3) is 0.357. The molecular formula is C14H18N2O3. The Hall–Kier alpha value is -2.17. The monoisotopic (exact) mass is 262 g/mol. The number of allylic oxidation sites excluding steroid dienone is 1. The van der Waals surface area contributed by atoms with Gasteiger partial charge in [-0.3, -0.25) is 9.78 Å². The fourth-order valence-corrected chi connectivity index (χ4v) is 1.60. The SMILES string of the molecule is C=CCCC[C@H](NC(=O)c1ccncc1)C(=O)OC. The van der Waals surface area contributed by atoms with Gasteiger partial charge in [-0.2, -0.15) is 0 Å². The standard InChI is InChI=1S/C14H18N2O3/c1-3-4-5-6-12(14(18)19-2)16-13(17)11-7-9-15-10-8-11/h3,7-10,12H,1,4-6H2,2H3,(H,16,17)/t12-/m0/s1. The Kier molecular flexibility index (Phi) is 6.29. The van der Waals surface area contributed by atoms with E-state index in [0.29, 0.717) is 12.0 Å². The van der Waals surface area contributed by atoms with Crippen molar-refractivity contribution in [2.24, 2.45) is 0 Å². The zero-order valence-electron chi connectivity index (χ0n) is 11.0. The van der Waals surface area contributed by atoms with Gasteiger partial charge in [-0.15, -0.1) is 6.58 Å². The third kappa shape index (κ3) is 4.91. The minimum absolute atomic E-state index is 0.309. The molecule has 0 aliphatic carbocycles. The number of hydrogen-bond acceptors (Lipinski definition) is 4. The number of carbonyl (C=O) groups is 2. The number of esters is 1. The molecule has 0 bridgehead atoms. The molecule has 1 aromatic heterocycles. The van der Waals surface area contributed by atoms with Gasteiger partial charge in [-0.1, -0.05) is 6.08 Å². The van der Waals surface area contributed by atoms with Gasteiger partial charge in [0, 0.05) is 18.0 Å². The first-order valence-electron chi connectivity index (χ1n) is 6.08. The molecule has 19 heavy (non-hydrogen) atoms. The first-order chi connectivity index (χ1) is 9.19. The van der Waals surface area contributed by atoms with Crippen molar-refractivity contribution in [3.05, 3.63) is 42.7 Å². The summed E-state index contributed by atoms with van der Waals surface area (Å²) in [6, 6.07) is 2.55. The summed E-state index contributed by atoms with van der Waals surface area (Å²) in [6.45, 7) is 3.62. The van der Waals surface area contributed by atoms with Crippen molar-refractivity contribution in [1.29, 1.82) is 0 Å². The third-order valence-electron chi connectivity index (χ3n) is 2.63. The molecular weight excluding hydrogens is 244 g/mol. The molecule has 5 heteroatoms. The highest BCUT2D eigenvalue weighted by Crippen LogP contribution is 2.05. The highest BCUT2D eigenvalue weighted by molar-refractivity contribution is 5.96. The van der Waals surface area contributed by atoms with Crippen LogP contribution in [0.4, 0.5) is 0 Å². The molecule has 0 fully saturated rings. The zero-order chi connectivity index (χ0) is 14.1. The van der Waals surface area contributed by atoms with Gasteiger partial charge in [0.05, 0.1) is 7.11 Å². The molecule has 0 unspecified atom stereocenters. The second-order valence-electron chi connectivity index (χ2n) is 4.00. The lowest BCUT2D eigenvalue weighted by molar-refractivity contribution is -0.143. The van der Waals surface area contributed by atoms with Gasteiger partial charge in [0.1, 0.15) is 6.04 Å². The Balaban J connectivity index is 2.63. The molecule has 5 nitrogen and oxygen atoms in total. The quantitative estimate of drug-likeness (QED) is 0.461. The number of aromatic nitrogens is 1. The second-order valence-corrected chi connectivity index (χ2v) is 4.00. The van der Waals surface area contributed by atoms with E-state index in [1.54, 1.807) is 18.2 Å². The van der Waals surface area contributed by atoms with Gasteiger partial charge >= 0.3 is 5.97 Å². The molecule has 1 heterocycles.